The third kappa shape index (κ3) is 5.69. The lowest BCUT2D eigenvalue weighted by atomic mass is 10.1. The summed E-state index contributed by atoms with van der Waals surface area (Å²) in [6.07, 6.45) is -4.62. The quantitative estimate of drug-likeness (QED) is 0.686. The van der Waals surface area contributed by atoms with E-state index in [9.17, 15) is 18.0 Å². The van der Waals surface area contributed by atoms with Gasteiger partial charge in [0.05, 0.1) is 17.3 Å². The second-order valence-electron chi connectivity index (χ2n) is 8.26. The lowest BCUT2D eigenvalue weighted by Crippen LogP contribution is -2.53. The first-order valence-corrected chi connectivity index (χ1v) is 10.9. The molecule has 0 saturated carbocycles. The molecule has 3 rings (SSSR count). The predicted molar refractivity (Wildman–Crippen MR) is 119 cm³/mol. The Labute approximate surface area is 190 Å². The Bertz CT molecular complexity index is 975. The fraction of sp³-hybridized carbons (Fsp3) is 0.500. The summed E-state index contributed by atoms with van der Waals surface area (Å²) in [5.41, 5.74) is -0.358. The van der Waals surface area contributed by atoms with Gasteiger partial charge in [0.15, 0.2) is 0 Å². The van der Waals surface area contributed by atoms with Gasteiger partial charge in [0, 0.05) is 48.9 Å². The predicted octanol–water partition coefficient (Wildman–Crippen LogP) is 4.73. The van der Waals surface area contributed by atoms with Crippen molar-refractivity contribution in [3.63, 3.8) is 0 Å². The van der Waals surface area contributed by atoms with Gasteiger partial charge in [0.1, 0.15) is 11.6 Å². The molecule has 6 nitrogen and oxygen atoms in total. The Hall–Kier alpha value is -2.39. The molecule has 1 aromatic heterocycles. The van der Waals surface area contributed by atoms with Crippen LogP contribution in [0.2, 0.25) is 5.02 Å². The zero-order valence-corrected chi connectivity index (χ0v) is 19.3. The van der Waals surface area contributed by atoms with Crippen LogP contribution in [0.15, 0.2) is 24.3 Å². The van der Waals surface area contributed by atoms with Gasteiger partial charge < -0.3 is 10.2 Å². The van der Waals surface area contributed by atoms with Crippen LogP contribution in [-0.4, -0.2) is 53.0 Å². The van der Waals surface area contributed by atoms with Gasteiger partial charge in [-0.05, 0) is 32.0 Å². The maximum atomic E-state index is 13.3. The minimum Gasteiger partial charge on any atom is -0.354 e. The van der Waals surface area contributed by atoms with Crippen LogP contribution in [0.1, 0.15) is 43.8 Å². The lowest BCUT2D eigenvalue weighted by molar-refractivity contribution is -0.137. The van der Waals surface area contributed by atoms with Gasteiger partial charge in [-0.25, -0.2) is 9.97 Å². The zero-order chi connectivity index (χ0) is 23.6. The highest BCUT2D eigenvalue weighted by Gasteiger charge is 2.35. The molecule has 1 N–H and O–H groups in total. The normalized spacial score (nSPS) is 16.3. The van der Waals surface area contributed by atoms with Gasteiger partial charge in [-0.15, -0.1) is 0 Å². The third-order valence-corrected chi connectivity index (χ3v) is 5.72. The number of piperazine rings is 1. The van der Waals surface area contributed by atoms with E-state index in [0.29, 0.717) is 26.2 Å². The van der Waals surface area contributed by atoms with E-state index in [1.54, 1.807) is 6.92 Å². The molecule has 0 radical (unpaired) electrons. The van der Waals surface area contributed by atoms with E-state index in [0.717, 1.165) is 23.4 Å². The summed E-state index contributed by atoms with van der Waals surface area (Å²) >= 11 is 5.71. The summed E-state index contributed by atoms with van der Waals surface area (Å²) in [4.78, 5) is 25.9. The number of halogens is 4. The molecule has 2 aromatic rings. The number of hydrogen-bond acceptors (Lipinski definition) is 5. The highest BCUT2D eigenvalue weighted by atomic mass is 35.5. The highest BCUT2D eigenvalue weighted by molar-refractivity contribution is 6.30. The molecule has 0 bridgehead atoms. The number of carbonyl (C=O) groups is 1. The Morgan fingerprint density at radius 1 is 1.09 bits per heavy atom. The van der Waals surface area contributed by atoms with Crippen molar-refractivity contribution in [2.75, 3.05) is 36.4 Å². The van der Waals surface area contributed by atoms with Crippen molar-refractivity contribution in [2.24, 2.45) is 0 Å². The second-order valence-corrected chi connectivity index (χ2v) is 8.69. The topological polar surface area (TPSA) is 61.4 Å². The maximum absolute atomic E-state index is 13.3. The number of nitrogens with one attached hydrogen (secondary N) is 1. The van der Waals surface area contributed by atoms with Crippen LogP contribution in [0.3, 0.4) is 0 Å². The first-order chi connectivity index (χ1) is 15.0. The van der Waals surface area contributed by atoms with E-state index in [1.165, 1.54) is 12.1 Å². The molecule has 1 aliphatic rings. The number of aromatic nitrogens is 2. The Morgan fingerprint density at radius 3 is 2.34 bits per heavy atom. The van der Waals surface area contributed by atoms with Gasteiger partial charge in [-0.1, -0.05) is 25.4 Å². The fourth-order valence-electron chi connectivity index (χ4n) is 3.60. The van der Waals surface area contributed by atoms with E-state index in [2.05, 4.69) is 20.2 Å². The van der Waals surface area contributed by atoms with E-state index in [4.69, 9.17) is 11.6 Å². The molecule has 1 amide bonds. The summed E-state index contributed by atoms with van der Waals surface area (Å²) in [5.74, 6) is 1.37. The summed E-state index contributed by atoms with van der Waals surface area (Å²) in [5, 5.41) is 2.38. The SMILES string of the molecule is Cc1cc(N2CCN(C(C)C(=O)Nc3ccc(Cl)cc3C(F)(F)F)CC2)nc(C(C)C)n1. The van der Waals surface area contributed by atoms with Crippen molar-refractivity contribution in [3.05, 3.63) is 46.4 Å². The van der Waals surface area contributed by atoms with E-state index < -0.39 is 23.7 Å². The smallest absolute Gasteiger partial charge is 0.354 e. The van der Waals surface area contributed by atoms with Crippen LogP contribution in [0, 0.1) is 6.92 Å². The van der Waals surface area contributed by atoms with Crippen LogP contribution in [0.25, 0.3) is 0 Å². The van der Waals surface area contributed by atoms with Crippen LogP contribution >= 0.6 is 11.6 Å². The zero-order valence-electron chi connectivity index (χ0n) is 18.5. The first-order valence-electron chi connectivity index (χ1n) is 10.5. The summed E-state index contributed by atoms with van der Waals surface area (Å²) < 4.78 is 39.9. The molecule has 1 aliphatic heterocycles. The van der Waals surface area contributed by atoms with Crippen LogP contribution < -0.4 is 10.2 Å². The first kappa shape index (κ1) is 24.3. The molecule has 1 unspecified atom stereocenters. The molecule has 0 aliphatic carbocycles. The maximum Gasteiger partial charge on any atom is 0.418 e. The number of amides is 1. The van der Waals surface area contributed by atoms with Gasteiger partial charge in [-0.2, -0.15) is 13.2 Å². The average molecular weight is 470 g/mol. The summed E-state index contributed by atoms with van der Waals surface area (Å²) in [6.45, 7) is 10.2. The molecular formula is C22H27ClF3N5O. The van der Waals surface area contributed by atoms with Crippen molar-refractivity contribution >= 4 is 29.0 Å². The van der Waals surface area contributed by atoms with E-state index >= 15 is 0 Å². The number of anilines is 2. The number of alkyl halides is 3. The van der Waals surface area contributed by atoms with Gasteiger partial charge in [0.25, 0.3) is 0 Å². The van der Waals surface area contributed by atoms with Crippen molar-refractivity contribution in [3.8, 4) is 0 Å². The highest BCUT2D eigenvalue weighted by Crippen LogP contribution is 2.36. The molecule has 0 spiro atoms. The van der Waals surface area contributed by atoms with E-state index in [1.807, 2.05) is 31.7 Å². The van der Waals surface area contributed by atoms with Gasteiger partial charge >= 0.3 is 6.18 Å². The van der Waals surface area contributed by atoms with Gasteiger partial charge in [0.2, 0.25) is 5.91 Å². The van der Waals surface area contributed by atoms with Crippen LogP contribution in [0.4, 0.5) is 24.7 Å². The average Bonchev–Trinajstić information content (AvgIpc) is 2.73. The lowest BCUT2D eigenvalue weighted by Gasteiger charge is -2.38. The number of aryl methyl sites for hydroxylation is 1. The largest absolute Gasteiger partial charge is 0.418 e. The van der Waals surface area contributed by atoms with Crippen molar-refractivity contribution in [2.45, 2.75) is 45.8 Å². The van der Waals surface area contributed by atoms with Crippen LogP contribution in [-0.2, 0) is 11.0 Å². The monoisotopic (exact) mass is 469 g/mol. The Balaban J connectivity index is 1.65. The fourth-order valence-corrected chi connectivity index (χ4v) is 3.77. The van der Waals surface area contributed by atoms with Crippen molar-refractivity contribution < 1.29 is 18.0 Å². The molecule has 1 fully saturated rings. The molecular weight excluding hydrogens is 443 g/mol. The Kier molecular flexibility index (Phi) is 7.29. The number of rotatable bonds is 5. The van der Waals surface area contributed by atoms with Gasteiger partial charge in [-0.3, -0.25) is 9.69 Å². The van der Waals surface area contributed by atoms with Crippen LogP contribution in [0.5, 0.6) is 0 Å². The molecule has 174 valence electrons. The summed E-state index contributed by atoms with van der Waals surface area (Å²) in [6, 6.07) is 4.67. The Morgan fingerprint density at radius 2 is 1.75 bits per heavy atom. The summed E-state index contributed by atoms with van der Waals surface area (Å²) in [7, 11) is 0. The number of carbonyl (C=O) groups excluding carboxylic acids is 1. The second kappa shape index (κ2) is 9.62. The molecule has 1 atom stereocenters. The number of nitrogens with zero attached hydrogens (tertiary/aromatic N) is 4. The molecule has 10 heteroatoms. The minimum absolute atomic E-state index is 0.0416. The standard InChI is InChI=1S/C22H27ClF3N5O/c1-13(2)20-27-14(3)11-19(29-20)31-9-7-30(8-10-31)15(4)21(32)28-18-6-5-16(23)12-17(18)22(24,25)26/h5-6,11-13,15H,7-10H2,1-4H3,(H,28,32). The van der Waals surface area contributed by atoms with E-state index in [-0.39, 0.29) is 16.6 Å². The number of hydrogen-bond donors (Lipinski definition) is 1. The minimum atomic E-state index is -4.62. The molecule has 2 heterocycles. The van der Waals surface area contributed by atoms with Crippen molar-refractivity contribution in [1.82, 2.24) is 14.9 Å². The molecule has 1 aromatic carbocycles. The van der Waals surface area contributed by atoms with Crippen molar-refractivity contribution in [1.29, 1.82) is 0 Å². The number of benzene rings is 1. The molecule has 1 saturated heterocycles. The molecule has 32 heavy (non-hydrogen) atoms. The third-order valence-electron chi connectivity index (χ3n) is 5.48.